The molecule has 0 radical (unpaired) electrons. The molecule has 0 saturated heterocycles. The second kappa shape index (κ2) is 10.2. The van der Waals surface area contributed by atoms with Gasteiger partial charge in [-0.2, -0.15) is 0 Å². The minimum atomic E-state index is 0.871. The molecule has 0 spiro atoms. The van der Waals surface area contributed by atoms with Crippen molar-refractivity contribution in [2.45, 2.75) is 0 Å². The summed E-state index contributed by atoms with van der Waals surface area (Å²) < 4.78 is 2.30. The minimum absolute atomic E-state index is 0.871. The van der Waals surface area contributed by atoms with Gasteiger partial charge in [-0.3, -0.25) is 4.57 Å². The lowest BCUT2D eigenvalue weighted by atomic mass is 9.93. The fourth-order valence-electron chi connectivity index (χ4n) is 6.54. The number of nitrogens with zero attached hydrogens (tertiary/aromatic N) is 4. The highest BCUT2D eigenvalue weighted by atomic mass is 15.1. The minimum Gasteiger partial charge on any atom is -0.292 e. The normalized spacial score (nSPS) is 11.6. The van der Waals surface area contributed by atoms with Crippen LogP contribution in [0.1, 0.15) is 0 Å². The van der Waals surface area contributed by atoms with Crippen LogP contribution in [0.4, 0.5) is 0 Å². The van der Waals surface area contributed by atoms with Crippen molar-refractivity contribution in [1.29, 1.82) is 0 Å². The van der Waals surface area contributed by atoms with Gasteiger partial charge in [-0.25, -0.2) is 15.0 Å². The first-order chi connectivity index (χ1) is 22.3. The van der Waals surface area contributed by atoms with Crippen LogP contribution in [0, 0.1) is 0 Å². The number of pyridine rings is 2. The zero-order chi connectivity index (χ0) is 29.7. The van der Waals surface area contributed by atoms with E-state index in [1.54, 1.807) is 0 Å². The Labute approximate surface area is 259 Å². The summed E-state index contributed by atoms with van der Waals surface area (Å²) in [6.07, 6.45) is 0. The molecule has 0 saturated carbocycles. The fraction of sp³-hybridized carbons (Fsp3) is 0. The molecule has 3 aromatic heterocycles. The molecule has 4 nitrogen and oxygen atoms in total. The molecule has 0 aliphatic carbocycles. The maximum Gasteiger partial charge on any atom is 0.145 e. The van der Waals surface area contributed by atoms with Gasteiger partial charge in [-0.1, -0.05) is 121 Å². The van der Waals surface area contributed by atoms with Gasteiger partial charge in [0.05, 0.1) is 27.9 Å². The van der Waals surface area contributed by atoms with Crippen molar-refractivity contribution in [2.24, 2.45) is 0 Å². The van der Waals surface area contributed by atoms with Crippen LogP contribution < -0.4 is 0 Å². The summed E-state index contributed by atoms with van der Waals surface area (Å²) >= 11 is 0. The summed E-state index contributed by atoms with van der Waals surface area (Å²) in [7, 11) is 0. The number of para-hydroxylation sites is 3. The third kappa shape index (κ3) is 4.11. The zero-order valence-electron chi connectivity index (χ0n) is 24.3. The third-order valence-electron chi connectivity index (χ3n) is 8.57. The monoisotopic (exact) mass is 574 g/mol. The van der Waals surface area contributed by atoms with Gasteiger partial charge in [0.2, 0.25) is 0 Å². The van der Waals surface area contributed by atoms with Crippen molar-refractivity contribution in [3.8, 4) is 39.6 Å². The highest BCUT2D eigenvalue weighted by Gasteiger charge is 2.26. The molecule has 0 bridgehead atoms. The number of aromatic nitrogens is 4. The summed E-state index contributed by atoms with van der Waals surface area (Å²) in [4.78, 5) is 16.0. The Bertz CT molecular complexity index is 2530. The van der Waals surface area contributed by atoms with Gasteiger partial charge in [-0.15, -0.1) is 0 Å². The Hall–Kier alpha value is -6.13. The summed E-state index contributed by atoms with van der Waals surface area (Å²) in [6, 6.07) is 54.7. The standard InChI is InChI=1S/C41H26N4/c1-3-15-29(16-4-1)41-44-39-37(35-25-23-27-13-7-11-21-33(27)42-35)31-19-9-10-20-32(31)38(40(39)45(41)30-17-5-2-6-18-30)36-26-24-28-14-8-12-22-34(28)43-36/h1-26H. The zero-order valence-corrected chi connectivity index (χ0v) is 24.3. The third-order valence-corrected chi connectivity index (χ3v) is 8.57. The van der Waals surface area contributed by atoms with Gasteiger partial charge in [0.1, 0.15) is 11.3 Å². The van der Waals surface area contributed by atoms with Crippen LogP contribution in [0.25, 0.3) is 83.2 Å². The lowest BCUT2D eigenvalue weighted by Crippen LogP contribution is -2.00. The molecule has 0 unspecified atom stereocenters. The van der Waals surface area contributed by atoms with Gasteiger partial charge in [0.25, 0.3) is 0 Å². The van der Waals surface area contributed by atoms with Crippen LogP contribution in [0.15, 0.2) is 158 Å². The van der Waals surface area contributed by atoms with Crippen LogP contribution >= 0.6 is 0 Å². The second-order valence-corrected chi connectivity index (χ2v) is 11.2. The highest BCUT2D eigenvalue weighted by Crippen LogP contribution is 2.45. The van der Waals surface area contributed by atoms with Crippen molar-refractivity contribution in [1.82, 2.24) is 19.5 Å². The van der Waals surface area contributed by atoms with Crippen molar-refractivity contribution in [2.75, 3.05) is 0 Å². The number of hydrogen-bond donors (Lipinski definition) is 0. The Kier molecular flexibility index (Phi) is 5.78. The first-order valence-corrected chi connectivity index (χ1v) is 15.1. The van der Waals surface area contributed by atoms with Crippen LogP contribution in [-0.4, -0.2) is 19.5 Å². The quantitative estimate of drug-likeness (QED) is 0.210. The van der Waals surface area contributed by atoms with E-state index >= 15 is 0 Å². The number of rotatable bonds is 4. The van der Waals surface area contributed by atoms with Crippen molar-refractivity contribution in [3.63, 3.8) is 0 Å². The van der Waals surface area contributed by atoms with Gasteiger partial charge >= 0.3 is 0 Å². The molecule has 9 aromatic rings. The second-order valence-electron chi connectivity index (χ2n) is 11.2. The number of imidazole rings is 1. The molecule has 0 atom stereocenters. The molecule has 0 aliphatic heterocycles. The predicted octanol–water partition coefficient (Wildman–Crippen LogP) is 10.3. The smallest absolute Gasteiger partial charge is 0.145 e. The number of hydrogen-bond acceptors (Lipinski definition) is 3. The Morgan fingerprint density at radius 2 is 0.911 bits per heavy atom. The lowest BCUT2D eigenvalue weighted by molar-refractivity contribution is 1.10. The van der Waals surface area contributed by atoms with E-state index in [-0.39, 0.29) is 0 Å². The Morgan fingerprint density at radius 3 is 1.56 bits per heavy atom. The van der Waals surface area contributed by atoms with E-state index in [1.165, 1.54) is 0 Å². The van der Waals surface area contributed by atoms with Crippen molar-refractivity contribution < 1.29 is 0 Å². The highest BCUT2D eigenvalue weighted by molar-refractivity contribution is 6.20. The van der Waals surface area contributed by atoms with E-state index in [0.29, 0.717) is 0 Å². The average Bonchev–Trinajstić information content (AvgIpc) is 3.51. The molecule has 0 aliphatic rings. The lowest BCUT2D eigenvalue weighted by Gasteiger charge is -2.17. The van der Waals surface area contributed by atoms with Crippen LogP contribution in [0.2, 0.25) is 0 Å². The molecule has 0 N–H and O–H groups in total. The van der Waals surface area contributed by atoms with Crippen LogP contribution in [0.5, 0.6) is 0 Å². The molecule has 45 heavy (non-hydrogen) atoms. The average molecular weight is 575 g/mol. The molecule has 4 heteroatoms. The molecule has 0 amide bonds. The summed E-state index contributed by atoms with van der Waals surface area (Å²) in [5.41, 5.74) is 9.76. The molecular weight excluding hydrogens is 548 g/mol. The molecule has 3 heterocycles. The Balaban J connectivity index is 1.51. The SMILES string of the molecule is c1ccc(-c2nc3c(-c4ccc5ccccc5n4)c4ccccc4c(-c4ccc5ccccc5n4)c3n2-c2ccccc2)cc1. The fourth-order valence-corrected chi connectivity index (χ4v) is 6.54. The summed E-state index contributed by atoms with van der Waals surface area (Å²) in [5.74, 6) is 0.871. The number of fused-ring (bicyclic) bond motifs is 4. The van der Waals surface area contributed by atoms with Crippen LogP contribution in [-0.2, 0) is 0 Å². The van der Waals surface area contributed by atoms with Crippen LogP contribution in [0.3, 0.4) is 0 Å². The first kappa shape index (κ1) is 25.4. The first-order valence-electron chi connectivity index (χ1n) is 15.1. The largest absolute Gasteiger partial charge is 0.292 e. The Morgan fingerprint density at radius 1 is 0.400 bits per heavy atom. The van der Waals surface area contributed by atoms with E-state index < -0.39 is 0 Å². The molecule has 0 fully saturated rings. The van der Waals surface area contributed by atoms with Gasteiger partial charge in [-0.05, 0) is 47.2 Å². The number of benzene rings is 6. The van der Waals surface area contributed by atoms with Gasteiger partial charge < -0.3 is 0 Å². The summed E-state index contributed by atoms with van der Waals surface area (Å²) in [6.45, 7) is 0. The molecule has 9 rings (SSSR count). The van der Waals surface area contributed by atoms with E-state index in [9.17, 15) is 0 Å². The van der Waals surface area contributed by atoms with E-state index in [1.807, 2.05) is 18.2 Å². The van der Waals surface area contributed by atoms with Crippen molar-refractivity contribution in [3.05, 3.63) is 158 Å². The maximum absolute atomic E-state index is 5.51. The van der Waals surface area contributed by atoms with E-state index in [0.717, 1.165) is 83.2 Å². The van der Waals surface area contributed by atoms with Gasteiger partial charge in [0, 0.05) is 33.2 Å². The van der Waals surface area contributed by atoms with E-state index in [2.05, 4.69) is 144 Å². The summed E-state index contributed by atoms with van der Waals surface area (Å²) in [5, 5.41) is 4.42. The van der Waals surface area contributed by atoms with Gasteiger partial charge in [0.15, 0.2) is 0 Å². The predicted molar refractivity (Wildman–Crippen MR) is 185 cm³/mol. The molecule has 210 valence electrons. The van der Waals surface area contributed by atoms with Crippen molar-refractivity contribution >= 4 is 43.6 Å². The maximum atomic E-state index is 5.51. The topological polar surface area (TPSA) is 43.6 Å². The van der Waals surface area contributed by atoms with E-state index in [4.69, 9.17) is 15.0 Å². The molecule has 6 aromatic carbocycles. The molecular formula is C41H26N4.